The van der Waals surface area contributed by atoms with Crippen molar-refractivity contribution in [3.8, 4) is 9.75 Å². The molecule has 3 aliphatic rings. The van der Waals surface area contributed by atoms with Crippen LogP contribution in [-0.2, 0) is 15.0 Å². The molecule has 2 bridgehead atoms. The molecule has 0 saturated heterocycles. The Morgan fingerprint density at radius 1 is 0.540 bits per heavy atom. The zero-order valence-electron chi connectivity index (χ0n) is 56.6. The van der Waals surface area contributed by atoms with Gasteiger partial charge in [-0.25, -0.2) is 0 Å². The highest BCUT2D eigenvalue weighted by Gasteiger charge is 2.38. The molecule has 6 heterocycles. The maximum absolute atomic E-state index is 15.9. The van der Waals surface area contributed by atoms with Crippen molar-refractivity contribution in [3.05, 3.63) is 79.7 Å². The van der Waals surface area contributed by atoms with E-state index in [9.17, 15) is 0 Å². The molecule has 0 N–H and O–H groups in total. The van der Waals surface area contributed by atoms with Gasteiger partial charge in [0.25, 0.3) is 11.8 Å². The van der Waals surface area contributed by atoms with E-state index in [0.29, 0.717) is 24.0 Å². The van der Waals surface area contributed by atoms with Gasteiger partial charge in [0.15, 0.2) is 0 Å². The second-order valence-corrected chi connectivity index (χ2v) is 32.8. The lowest BCUT2D eigenvalue weighted by Crippen LogP contribution is -2.35. The number of fused-ring (bicyclic) bond motifs is 1. The summed E-state index contributed by atoms with van der Waals surface area (Å²) in [6, 6.07) is 13.9. The Kier molecular flexibility index (Phi) is 31.4. The second kappa shape index (κ2) is 38.2. The highest BCUT2D eigenvalue weighted by atomic mass is 32.1. The van der Waals surface area contributed by atoms with Crippen LogP contribution in [0.25, 0.3) is 30.3 Å². The van der Waals surface area contributed by atoms with Gasteiger partial charge in [-0.05, 0) is 97.2 Å². The Hall–Kier alpha value is -2.91. The highest BCUT2D eigenvalue weighted by molar-refractivity contribution is 7.85. The summed E-state index contributed by atoms with van der Waals surface area (Å²) in [5, 5.41) is 1.95. The maximum atomic E-state index is 15.9. The van der Waals surface area contributed by atoms with Crippen molar-refractivity contribution in [2.75, 3.05) is 22.9 Å². The summed E-state index contributed by atoms with van der Waals surface area (Å²) >= 11 is 10.9. The standard InChI is InChI=1S/C79H122N2O2S4/c1-9-12-15-18-21-24-26-31-36-41-47-61(46-40-35-30-23-20-17-14-11-3)59-80-65-56-64-66-55-63(65)74(76(80)82)67(84)50-45-54-79(7,8)53-44-39-34-29-28-33-38-43-49-62(48-42-37-32-27-25-22-19-16-13-10-2)60-81(66)77(83)75(64)69-52-51-68(85-69)70-57-71-72(86-70)58-73(87-71)78(4,5)6/h45,50-52,54-58,61-62,84H,9-44,46-49,53,59-60H2,1-8H3/b54-45+,67-50-. The van der Waals surface area contributed by atoms with Gasteiger partial charge in [0, 0.05) is 57.3 Å². The molecule has 0 radical (unpaired) electrons. The minimum Gasteiger partial charge on any atom is -0.307 e. The number of nitrogens with zero attached hydrogens (tertiary/aromatic N) is 2. The number of unbranched alkanes of at least 4 members (excludes halogenated alkanes) is 25. The summed E-state index contributed by atoms with van der Waals surface area (Å²) in [5.74, 6) is 1.02. The van der Waals surface area contributed by atoms with Gasteiger partial charge in [-0.15, -0.1) is 46.6 Å². The molecule has 4 aromatic rings. The smallest absolute Gasteiger partial charge is 0.260 e. The van der Waals surface area contributed by atoms with Crippen LogP contribution in [0.1, 0.15) is 328 Å². The Bertz CT molecular complexity index is 2840. The first kappa shape index (κ1) is 71.5. The molecular formula is C79H122N2O2S4. The van der Waals surface area contributed by atoms with E-state index in [0.717, 1.165) is 75.8 Å². The number of hydrogen-bond donors (Lipinski definition) is 1. The molecule has 2 unspecified atom stereocenters. The van der Waals surface area contributed by atoms with Crippen LogP contribution in [0.2, 0.25) is 0 Å². The van der Waals surface area contributed by atoms with Crippen molar-refractivity contribution in [1.29, 1.82) is 0 Å². The van der Waals surface area contributed by atoms with Crippen LogP contribution in [0.4, 0.5) is 11.4 Å². The predicted molar refractivity (Wildman–Crippen MR) is 391 cm³/mol. The Morgan fingerprint density at radius 2 is 1.03 bits per heavy atom. The molecule has 0 fully saturated rings. The van der Waals surface area contributed by atoms with Crippen molar-refractivity contribution < 1.29 is 9.59 Å². The van der Waals surface area contributed by atoms with E-state index < -0.39 is 0 Å². The van der Waals surface area contributed by atoms with E-state index in [1.807, 2.05) is 22.7 Å². The summed E-state index contributed by atoms with van der Waals surface area (Å²) < 4.78 is 2.70. The van der Waals surface area contributed by atoms with Crippen LogP contribution in [-0.4, -0.2) is 24.9 Å². The third-order valence-corrected chi connectivity index (χ3v) is 24.1. The van der Waals surface area contributed by atoms with Gasteiger partial charge in [-0.1, -0.05) is 299 Å². The lowest BCUT2D eigenvalue weighted by atomic mass is 9.86. The normalized spacial score (nSPS) is 18.6. The van der Waals surface area contributed by atoms with Crippen LogP contribution in [0.5, 0.6) is 0 Å². The SMILES string of the molecule is CCCCCCCCCCCCC(CCCCCCCCCC)CN1C(=O)C2=c3cc4c(cc31)=C(c1ccc(-c3cc5sc(C(C)(C)C)cc5s3)s1)C(=O)N4CC(CCCCCCCCCCCC)CCCCCCCCCCC(C)(C)/C=C/C=C/2S. The number of anilines is 2. The Morgan fingerprint density at radius 3 is 1.60 bits per heavy atom. The van der Waals surface area contributed by atoms with Crippen LogP contribution >= 0.6 is 46.6 Å². The molecule has 7 rings (SSSR count). The minimum atomic E-state index is 0.0442. The molecule has 8 heteroatoms. The third-order valence-electron chi connectivity index (χ3n) is 19.7. The van der Waals surface area contributed by atoms with Crippen LogP contribution < -0.4 is 20.2 Å². The largest absolute Gasteiger partial charge is 0.307 e. The Labute approximate surface area is 549 Å². The Balaban J connectivity index is 1.27. The number of allylic oxidation sites excluding steroid dienone is 3. The van der Waals surface area contributed by atoms with Crippen molar-refractivity contribution in [1.82, 2.24) is 0 Å². The second-order valence-electron chi connectivity index (χ2n) is 29.0. The molecule has 484 valence electrons. The summed E-state index contributed by atoms with van der Waals surface area (Å²) in [7, 11) is 0. The number of benzene rings is 1. The van der Waals surface area contributed by atoms with Crippen molar-refractivity contribution in [2.45, 2.75) is 324 Å². The van der Waals surface area contributed by atoms with Crippen LogP contribution in [0.3, 0.4) is 0 Å². The zero-order chi connectivity index (χ0) is 61.9. The van der Waals surface area contributed by atoms with E-state index in [1.165, 1.54) is 255 Å². The minimum absolute atomic E-state index is 0.0442. The molecule has 4 nitrogen and oxygen atoms in total. The van der Waals surface area contributed by atoms with Gasteiger partial charge in [0.1, 0.15) is 0 Å². The summed E-state index contributed by atoms with van der Waals surface area (Å²) in [6.07, 6.45) is 59.7. The first-order valence-corrected chi connectivity index (χ1v) is 39.4. The lowest BCUT2D eigenvalue weighted by molar-refractivity contribution is -0.114. The van der Waals surface area contributed by atoms with Crippen molar-refractivity contribution >= 4 is 90.4 Å². The first-order valence-electron chi connectivity index (χ1n) is 36.5. The quantitative estimate of drug-likeness (QED) is 0.0368. The number of amides is 2. The fourth-order valence-electron chi connectivity index (χ4n) is 14.1. The predicted octanol–water partition coefficient (Wildman–Crippen LogP) is 24.7. The number of carbonyl (C=O) groups excluding carboxylic acids is 2. The fourth-order valence-corrected chi connectivity index (χ4v) is 18.0. The molecule has 87 heavy (non-hydrogen) atoms. The molecule has 0 spiro atoms. The van der Waals surface area contributed by atoms with Crippen LogP contribution in [0.15, 0.2) is 59.5 Å². The molecule has 0 saturated carbocycles. The molecule has 2 amide bonds. The van der Waals surface area contributed by atoms with E-state index in [1.54, 1.807) is 11.3 Å². The lowest BCUT2D eigenvalue weighted by Gasteiger charge is -2.27. The summed E-state index contributed by atoms with van der Waals surface area (Å²) in [6.45, 7) is 20.0. The van der Waals surface area contributed by atoms with Crippen molar-refractivity contribution in [2.24, 2.45) is 17.3 Å². The number of hydrogen-bond acceptors (Lipinski definition) is 6. The number of carbonyl (C=O) groups is 2. The number of rotatable bonds is 35. The van der Waals surface area contributed by atoms with Crippen molar-refractivity contribution in [3.63, 3.8) is 0 Å². The maximum Gasteiger partial charge on any atom is 0.260 e. The van der Waals surface area contributed by atoms with Gasteiger partial charge >= 0.3 is 0 Å². The van der Waals surface area contributed by atoms with Gasteiger partial charge in [0.05, 0.1) is 22.5 Å². The topological polar surface area (TPSA) is 40.6 Å². The van der Waals surface area contributed by atoms with E-state index >= 15 is 9.59 Å². The average molecular weight is 1260 g/mol. The van der Waals surface area contributed by atoms with Crippen LogP contribution in [0, 0.1) is 17.3 Å². The van der Waals surface area contributed by atoms with E-state index in [-0.39, 0.29) is 22.6 Å². The molecule has 0 aliphatic carbocycles. The highest BCUT2D eigenvalue weighted by Crippen LogP contribution is 2.45. The van der Waals surface area contributed by atoms with Gasteiger partial charge in [-0.2, -0.15) is 0 Å². The molecular weight excluding hydrogens is 1140 g/mol. The zero-order valence-corrected chi connectivity index (χ0v) is 60.0. The van der Waals surface area contributed by atoms with E-state index in [2.05, 4.69) is 120 Å². The molecule has 3 aliphatic heterocycles. The summed E-state index contributed by atoms with van der Waals surface area (Å²) in [4.78, 5) is 41.6. The van der Waals surface area contributed by atoms with Gasteiger partial charge in [-0.3, -0.25) is 9.59 Å². The third kappa shape index (κ3) is 22.7. The monoisotopic (exact) mass is 1260 g/mol. The fraction of sp³-hybridized carbons (Fsp3) is 0.696. The molecule has 2 atom stereocenters. The first-order chi connectivity index (χ1) is 42.2. The summed E-state index contributed by atoms with van der Waals surface area (Å²) in [5.41, 5.74) is 3.62. The molecule has 3 aromatic heterocycles. The average Bonchev–Trinajstić information content (AvgIpc) is 1.69. The number of thiophene rings is 3. The molecule has 1 aromatic carbocycles. The van der Waals surface area contributed by atoms with E-state index in [4.69, 9.17) is 12.6 Å². The number of thiol groups is 1. The van der Waals surface area contributed by atoms with Gasteiger partial charge < -0.3 is 9.80 Å². The van der Waals surface area contributed by atoms with Gasteiger partial charge in [0.2, 0.25) is 0 Å².